The van der Waals surface area contributed by atoms with Gasteiger partial charge in [0, 0.05) is 18.7 Å². The monoisotopic (exact) mass is 437 g/mol. The molecule has 1 N–H and O–H groups in total. The summed E-state index contributed by atoms with van der Waals surface area (Å²) < 4.78 is 40.4. The molecule has 12 heteroatoms. The second-order valence-corrected chi connectivity index (χ2v) is 7.03. The van der Waals surface area contributed by atoms with Crippen molar-refractivity contribution in [2.45, 2.75) is 29.7 Å². The minimum absolute atomic E-state index is 0.0244. The van der Waals surface area contributed by atoms with Gasteiger partial charge in [0.2, 0.25) is 11.1 Å². The van der Waals surface area contributed by atoms with Crippen molar-refractivity contribution in [1.29, 1.82) is 0 Å². The van der Waals surface area contributed by atoms with Crippen molar-refractivity contribution in [3.05, 3.63) is 70.0 Å². The van der Waals surface area contributed by atoms with E-state index in [4.69, 9.17) is 0 Å². The van der Waals surface area contributed by atoms with Crippen LogP contribution < -0.4 is 5.32 Å². The van der Waals surface area contributed by atoms with Crippen molar-refractivity contribution in [3.8, 4) is 5.69 Å². The zero-order chi connectivity index (χ0) is 21.9. The van der Waals surface area contributed by atoms with Crippen LogP contribution in [0.5, 0.6) is 0 Å². The maximum absolute atomic E-state index is 12.9. The number of benzene rings is 2. The lowest BCUT2D eigenvalue weighted by Crippen LogP contribution is -2.21. The topological polar surface area (TPSA) is 103 Å². The fourth-order valence-electron chi connectivity index (χ4n) is 2.54. The van der Waals surface area contributed by atoms with Crippen LogP contribution in [0.4, 0.5) is 18.9 Å². The number of alkyl halides is 3. The molecule has 1 aromatic heterocycles. The average Bonchev–Trinajstić information content (AvgIpc) is 3.08. The minimum Gasteiger partial charge on any atom is -0.349 e. The summed E-state index contributed by atoms with van der Waals surface area (Å²) in [5, 5.41) is 22.2. The van der Waals surface area contributed by atoms with E-state index in [1.54, 1.807) is 34.9 Å². The molecule has 0 aliphatic rings. The molecular weight excluding hydrogens is 423 g/mol. The highest BCUT2D eigenvalue weighted by molar-refractivity contribution is 7.99. The van der Waals surface area contributed by atoms with E-state index in [0.717, 1.165) is 23.9 Å². The van der Waals surface area contributed by atoms with Crippen LogP contribution in [-0.2, 0) is 17.5 Å². The maximum atomic E-state index is 12.9. The van der Waals surface area contributed by atoms with Crippen molar-refractivity contribution in [2.24, 2.45) is 0 Å². The first-order chi connectivity index (χ1) is 14.2. The summed E-state index contributed by atoms with van der Waals surface area (Å²) in [5.74, 6) is 0.0682. The minimum atomic E-state index is -4.70. The summed E-state index contributed by atoms with van der Waals surface area (Å²) in [4.78, 5) is 21.7. The van der Waals surface area contributed by atoms with Gasteiger partial charge in [-0.1, -0.05) is 18.2 Å². The number of nitrogens with one attached hydrogen (secondary N) is 1. The van der Waals surface area contributed by atoms with E-state index in [2.05, 4.69) is 15.5 Å². The van der Waals surface area contributed by atoms with E-state index in [9.17, 15) is 28.1 Å². The molecule has 1 amide bonds. The molecule has 0 spiro atoms. The second kappa shape index (κ2) is 8.53. The van der Waals surface area contributed by atoms with Gasteiger partial charge in [0.1, 0.15) is 0 Å². The number of halogens is 3. The molecule has 8 nitrogen and oxygen atoms in total. The lowest BCUT2D eigenvalue weighted by atomic mass is 10.2. The van der Waals surface area contributed by atoms with Crippen molar-refractivity contribution < 1.29 is 22.9 Å². The zero-order valence-corrected chi connectivity index (χ0v) is 16.2. The third-order valence-corrected chi connectivity index (χ3v) is 4.91. The number of nitro benzene ring substituents is 1. The molecule has 156 valence electrons. The Morgan fingerprint density at radius 2 is 1.90 bits per heavy atom. The Balaban J connectivity index is 2.05. The average molecular weight is 437 g/mol. The van der Waals surface area contributed by atoms with Crippen molar-refractivity contribution >= 4 is 23.4 Å². The molecule has 30 heavy (non-hydrogen) atoms. The van der Waals surface area contributed by atoms with Crippen LogP contribution in [0.25, 0.3) is 5.69 Å². The van der Waals surface area contributed by atoms with Crippen molar-refractivity contribution in [1.82, 2.24) is 20.1 Å². The number of para-hydroxylation sites is 1. The Kier molecular flexibility index (Phi) is 6.06. The Bertz CT molecular complexity index is 1090. The van der Waals surface area contributed by atoms with Crippen LogP contribution in [0.15, 0.2) is 58.6 Å². The number of carbonyl (C=O) groups is 1. The number of hydrogen-bond donors (Lipinski definition) is 1. The standard InChI is InChI=1S/C18H14F3N5O3S/c1-11(27)22-10-16-23-24-17(25(16)13-5-3-2-4-6-13)30-15-8-7-12(18(19,20)21)9-14(15)26(28)29/h2-9H,10H2,1H3,(H,22,27). The number of nitrogens with zero attached hydrogens (tertiary/aromatic N) is 4. The van der Waals surface area contributed by atoms with E-state index in [1.165, 1.54) is 6.92 Å². The van der Waals surface area contributed by atoms with Crippen LogP contribution in [0.3, 0.4) is 0 Å². The molecule has 2 aromatic carbocycles. The summed E-state index contributed by atoms with van der Waals surface area (Å²) in [6, 6.07) is 11.1. The largest absolute Gasteiger partial charge is 0.416 e. The first kappa shape index (κ1) is 21.3. The normalized spacial score (nSPS) is 11.3. The molecule has 3 aromatic rings. The number of hydrogen-bond acceptors (Lipinski definition) is 6. The molecule has 3 rings (SSSR count). The second-order valence-electron chi connectivity index (χ2n) is 6.02. The van der Waals surface area contributed by atoms with E-state index in [0.29, 0.717) is 17.6 Å². The predicted molar refractivity (Wildman–Crippen MR) is 101 cm³/mol. The molecule has 1 heterocycles. The first-order valence-electron chi connectivity index (χ1n) is 8.44. The van der Waals surface area contributed by atoms with Crippen LogP contribution in [0.1, 0.15) is 18.3 Å². The summed E-state index contributed by atoms with van der Waals surface area (Å²) in [5.41, 5.74) is -1.19. The van der Waals surface area contributed by atoms with E-state index in [1.807, 2.05) is 0 Å². The van der Waals surface area contributed by atoms with E-state index in [-0.39, 0.29) is 22.5 Å². The van der Waals surface area contributed by atoms with E-state index < -0.39 is 22.4 Å². The van der Waals surface area contributed by atoms with Gasteiger partial charge >= 0.3 is 6.18 Å². The van der Waals surface area contributed by atoms with Gasteiger partial charge in [-0.2, -0.15) is 13.2 Å². The van der Waals surface area contributed by atoms with E-state index >= 15 is 0 Å². The predicted octanol–water partition coefficient (Wildman–Crippen LogP) is 3.98. The molecule has 0 fully saturated rings. The van der Waals surface area contributed by atoms with Gasteiger partial charge in [-0.05, 0) is 36.0 Å². The Morgan fingerprint density at radius 3 is 2.50 bits per heavy atom. The molecule has 0 radical (unpaired) electrons. The zero-order valence-electron chi connectivity index (χ0n) is 15.4. The summed E-state index contributed by atoms with van der Waals surface area (Å²) in [6.07, 6.45) is -4.70. The number of nitro groups is 1. The Hall–Kier alpha value is -3.41. The first-order valence-corrected chi connectivity index (χ1v) is 9.26. The van der Waals surface area contributed by atoms with Crippen molar-refractivity contribution in [2.75, 3.05) is 0 Å². The Labute approximate surface area is 172 Å². The smallest absolute Gasteiger partial charge is 0.349 e. The van der Waals surface area contributed by atoms with Crippen LogP contribution in [-0.4, -0.2) is 25.6 Å². The molecule has 0 saturated heterocycles. The summed E-state index contributed by atoms with van der Waals surface area (Å²) in [6.45, 7) is 1.39. The molecule has 0 saturated carbocycles. The number of carbonyl (C=O) groups excluding carboxylic acids is 1. The maximum Gasteiger partial charge on any atom is 0.416 e. The van der Waals surface area contributed by atoms with Gasteiger partial charge in [-0.15, -0.1) is 10.2 Å². The quantitative estimate of drug-likeness (QED) is 0.462. The SMILES string of the molecule is CC(=O)NCc1nnc(Sc2ccc(C(F)(F)F)cc2[N+](=O)[O-])n1-c1ccccc1. The third-order valence-electron chi connectivity index (χ3n) is 3.89. The van der Waals surface area contributed by atoms with Gasteiger partial charge in [-0.25, -0.2) is 0 Å². The summed E-state index contributed by atoms with van der Waals surface area (Å²) >= 11 is 0.806. The highest BCUT2D eigenvalue weighted by atomic mass is 32.2. The van der Waals surface area contributed by atoms with Crippen LogP contribution in [0, 0.1) is 10.1 Å². The number of aromatic nitrogens is 3. The fraction of sp³-hybridized carbons (Fsp3) is 0.167. The molecule has 0 bridgehead atoms. The molecule has 0 aliphatic carbocycles. The number of amides is 1. The van der Waals surface area contributed by atoms with Gasteiger partial charge in [-0.3, -0.25) is 19.5 Å². The summed E-state index contributed by atoms with van der Waals surface area (Å²) in [7, 11) is 0. The van der Waals surface area contributed by atoms with Gasteiger partial charge in [0.15, 0.2) is 5.82 Å². The lowest BCUT2D eigenvalue weighted by Gasteiger charge is -2.11. The Morgan fingerprint density at radius 1 is 1.20 bits per heavy atom. The highest BCUT2D eigenvalue weighted by Gasteiger charge is 2.33. The molecule has 0 aliphatic heterocycles. The lowest BCUT2D eigenvalue weighted by molar-refractivity contribution is -0.388. The van der Waals surface area contributed by atoms with Crippen LogP contribution in [0.2, 0.25) is 0 Å². The van der Waals surface area contributed by atoms with Crippen LogP contribution >= 0.6 is 11.8 Å². The molecule has 0 unspecified atom stereocenters. The third kappa shape index (κ3) is 4.76. The highest BCUT2D eigenvalue weighted by Crippen LogP contribution is 2.39. The van der Waals surface area contributed by atoms with Crippen molar-refractivity contribution in [3.63, 3.8) is 0 Å². The van der Waals surface area contributed by atoms with Gasteiger partial charge < -0.3 is 5.32 Å². The fourth-order valence-corrected chi connectivity index (χ4v) is 3.50. The molecule has 0 atom stereocenters. The van der Waals surface area contributed by atoms with Gasteiger partial charge in [0.05, 0.1) is 21.9 Å². The van der Waals surface area contributed by atoms with Gasteiger partial charge in [0.25, 0.3) is 5.69 Å². The number of rotatable bonds is 6. The molecular formula is C18H14F3N5O3S.